The summed E-state index contributed by atoms with van der Waals surface area (Å²) in [6, 6.07) is 18.3. The average Bonchev–Trinajstić information content (AvgIpc) is 3.17. The lowest BCUT2D eigenvalue weighted by Crippen LogP contribution is -2.35. The van der Waals surface area contributed by atoms with Crippen LogP contribution < -0.4 is 15.5 Å². The molecular weight excluding hydrogens is 366 g/mol. The van der Waals surface area contributed by atoms with Gasteiger partial charge < -0.3 is 15.1 Å². The Morgan fingerprint density at radius 1 is 1.00 bits per heavy atom. The number of amides is 3. The Morgan fingerprint density at radius 3 is 2.76 bits per heavy atom. The lowest BCUT2D eigenvalue weighted by atomic mass is 10.1. The van der Waals surface area contributed by atoms with E-state index in [2.05, 4.69) is 16.7 Å². The van der Waals surface area contributed by atoms with Gasteiger partial charge in [0.1, 0.15) is 5.76 Å². The van der Waals surface area contributed by atoms with Crippen LogP contribution in [0.15, 0.2) is 71.3 Å². The molecule has 0 unspecified atom stereocenters. The largest absolute Gasteiger partial charge is 0.467 e. The molecule has 2 N–H and O–H groups in total. The van der Waals surface area contributed by atoms with Crippen molar-refractivity contribution in [2.24, 2.45) is 0 Å². The normalized spacial score (nSPS) is 13.3. The van der Waals surface area contributed by atoms with Crippen LogP contribution in [0, 0.1) is 0 Å². The number of hydrogen-bond donors (Lipinski definition) is 2. The van der Waals surface area contributed by atoms with Crippen LogP contribution in [0.5, 0.6) is 0 Å². The molecule has 0 atom stereocenters. The third-order valence-corrected chi connectivity index (χ3v) is 4.98. The number of nitrogens with zero attached hydrogens (tertiary/aromatic N) is 1. The summed E-state index contributed by atoms with van der Waals surface area (Å²) in [5, 5.41) is 5.74. The van der Waals surface area contributed by atoms with Crippen molar-refractivity contribution in [2.75, 3.05) is 16.8 Å². The fraction of sp³-hybridized carbons (Fsp3) is 0.217. The van der Waals surface area contributed by atoms with Gasteiger partial charge in [-0.25, -0.2) is 4.79 Å². The van der Waals surface area contributed by atoms with E-state index in [1.807, 2.05) is 18.2 Å². The van der Waals surface area contributed by atoms with E-state index >= 15 is 0 Å². The highest BCUT2D eigenvalue weighted by Gasteiger charge is 2.21. The van der Waals surface area contributed by atoms with Crippen LogP contribution in [0.25, 0.3) is 0 Å². The molecule has 6 nitrogen and oxygen atoms in total. The summed E-state index contributed by atoms with van der Waals surface area (Å²) in [5.41, 5.74) is 3.20. The molecule has 0 spiro atoms. The van der Waals surface area contributed by atoms with E-state index in [-0.39, 0.29) is 11.9 Å². The Morgan fingerprint density at radius 2 is 1.90 bits per heavy atom. The topological polar surface area (TPSA) is 74.6 Å². The Hall–Kier alpha value is -3.54. The zero-order chi connectivity index (χ0) is 20.1. The lowest BCUT2D eigenvalue weighted by Gasteiger charge is -2.23. The molecule has 3 amide bonds. The van der Waals surface area contributed by atoms with Crippen molar-refractivity contribution < 1.29 is 14.0 Å². The van der Waals surface area contributed by atoms with E-state index in [4.69, 9.17) is 4.42 Å². The van der Waals surface area contributed by atoms with Crippen LogP contribution in [-0.2, 0) is 13.0 Å². The van der Waals surface area contributed by atoms with Crippen LogP contribution in [0.4, 0.5) is 16.2 Å². The van der Waals surface area contributed by atoms with Gasteiger partial charge in [0.2, 0.25) is 0 Å². The lowest BCUT2D eigenvalue weighted by molar-refractivity contribution is 0.0948. The average molecular weight is 389 g/mol. The van der Waals surface area contributed by atoms with Crippen molar-refractivity contribution in [1.29, 1.82) is 0 Å². The second-order valence-electron chi connectivity index (χ2n) is 7.01. The van der Waals surface area contributed by atoms with Gasteiger partial charge in [0, 0.05) is 23.5 Å². The zero-order valence-electron chi connectivity index (χ0n) is 16.1. The first-order valence-electron chi connectivity index (χ1n) is 9.78. The van der Waals surface area contributed by atoms with E-state index < -0.39 is 0 Å². The van der Waals surface area contributed by atoms with E-state index in [9.17, 15) is 9.59 Å². The molecule has 29 heavy (non-hydrogen) atoms. The second kappa shape index (κ2) is 8.65. The summed E-state index contributed by atoms with van der Waals surface area (Å²) < 4.78 is 5.22. The summed E-state index contributed by atoms with van der Waals surface area (Å²) >= 11 is 0. The smallest absolute Gasteiger partial charge is 0.326 e. The summed E-state index contributed by atoms with van der Waals surface area (Å²) in [5.74, 6) is 0.459. The molecule has 1 aliphatic rings. The fourth-order valence-corrected chi connectivity index (χ4v) is 3.51. The van der Waals surface area contributed by atoms with Gasteiger partial charge in [0.15, 0.2) is 0 Å². The molecule has 4 rings (SSSR count). The number of fused-ring (bicyclic) bond motifs is 1. The number of rotatable bonds is 4. The molecule has 0 fully saturated rings. The quantitative estimate of drug-likeness (QED) is 0.686. The Labute approximate surface area is 169 Å². The molecule has 0 radical (unpaired) electrons. The maximum atomic E-state index is 12.9. The number of para-hydroxylation sites is 1. The standard InChI is InChI=1S/C23H23N3O3/c27-22(24-16-20-11-6-14-29-20)18-9-5-10-19(15-18)25-23(28)26-13-4-3-8-17-7-1-2-12-21(17)26/h1-2,5-7,9-12,14-15H,3-4,8,13,16H2,(H,24,27)(H,25,28). The molecular formula is C23H23N3O3. The molecule has 148 valence electrons. The molecule has 0 saturated carbocycles. The zero-order valence-corrected chi connectivity index (χ0v) is 16.1. The molecule has 6 heteroatoms. The Kier molecular flexibility index (Phi) is 5.61. The van der Waals surface area contributed by atoms with E-state index in [1.54, 1.807) is 47.6 Å². The maximum Gasteiger partial charge on any atom is 0.326 e. The van der Waals surface area contributed by atoms with Crippen LogP contribution in [-0.4, -0.2) is 18.5 Å². The summed E-state index contributed by atoms with van der Waals surface area (Å²) in [4.78, 5) is 27.1. The minimum absolute atomic E-state index is 0.188. The van der Waals surface area contributed by atoms with Crippen molar-refractivity contribution in [3.63, 3.8) is 0 Å². The predicted molar refractivity (Wildman–Crippen MR) is 112 cm³/mol. The van der Waals surface area contributed by atoms with Crippen LogP contribution in [0.1, 0.15) is 34.5 Å². The first-order chi connectivity index (χ1) is 14.2. The molecule has 2 aromatic carbocycles. The molecule has 0 bridgehead atoms. The molecule has 1 aliphatic heterocycles. The molecule has 0 saturated heterocycles. The minimum atomic E-state index is -0.224. The third-order valence-electron chi connectivity index (χ3n) is 4.98. The first-order valence-corrected chi connectivity index (χ1v) is 9.78. The summed E-state index contributed by atoms with van der Waals surface area (Å²) in [7, 11) is 0. The van der Waals surface area contributed by atoms with Gasteiger partial charge in [-0.05, 0) is 61.2 Å². The fourth-order valence-electron chi connectivity index (χ4n) is 3.51. The molecule has 0 aliphatic carbocycles. The number of urea groups is 1. The van der Waals surface area contributed by atoms with Crippen molar-refractivity contribution in [3.05, 3.63) is 83.8 Å². The van der Waals surface area contributed by atoms with Crippen LogP contribution >= 0.6 is 0 Å². The van der Waals surface area contributed by atoms with Crippen molar-refractivity contribution in [2.45, 2.75) is 25.8 Å². The third kappa shape index (κ3) is 4.48. The van der Waals surface area contributed by atoms with Gasteiger partial charge in [-0.1, -0.05) is 24.3 Å². The van der Waals surface area contributed by atoms with Crippen molar-refractivity contribution >= 4 is 23.3 Å². The Balaban J connectivity index is 1.45. The SMILES string of the molecule is O=C(NCc1ccco1)c1cccc(NC(=O)N2CCCCc3ccccc32)c1. The molecule has 2 heterocycles. The molecule has 1 aromatic heterocycles. The monoisotopic (exact) mass is 389 g/mol. The van der Waals surface area contributed by atoms with E-state index in [0.717, 1.165) is 24.9 Å². The summed E-state index contributed by atoms with van der Waals surface area (Å²) in [6.07, 6.45) is 4.56. The number of anilines is 2. The van der Waals surface area contributed by atoms with Gasteiger partial charge >= 0.3 is 6.03 Å². The number of carbonyl (C=O) groups is 2. The van der Waals surface area contributed by atoms with Gasteiger partial charge in [-0.15, -0.1) is 0 Å². The van der Waals surface area contributed by atoms with E-state index in [0.29, 0.717) is 30.1 Å². The van der Waals surface area contributed by atoms with Gasteiger partial charge in [-0.2, -0.15) is 0 Å². The van der Waals surface area contributed by atoms with Gasteiger partial charge in [0.25, 0.3) is 5.91 Å². The second-order valence-corrected chi connectivity index (χ2v) is 7.01. The number of nitrogens with one attached hydrogen (secondary N) is 2. The van der Waals surface area contributed by atoms with Crippen LogP contribution in [0.3, 0.4) is 0 Å². The summed E-state index contributed by atoms with van der Waals surface area (Å²) in [6.45, 7) is 0.985. The van der Waals surface area contributed by atoms with Crippen LogP contribution in [0.2, 0.25) is 0 Å². The van der Waals surface area contributed by atoms with E-state index in [1.165, 1.54) is 5.56 Å². The van der Waals surface area contributed by atoms with Gasteiger partial charge in [0.05, 0.1) is 12.8 Å². The minimum Gasteiger partial charge on any atom is -0.467 e. The first kappa shape index (κ1) is 18.8. The van der Waals surface area contributed by atoms with Gasteiger partial charge in [-0.3, -0.25) is 9.69 Å². The highest BCUT2D eigenvalue weighted by molar-refractivity contribution is 6.03. The van der Waals surface area contributed by atoms with Crippen molar-refractivity contribution in [1.82, 2.24) is 5.32 Å². The number of carbonyl (C=O) groups excluding carboxylic acids is 2. The van der Waals surface area contributed by atoms with Crippen molar-refractivity contribution in [3.8, 4) is 0 Å². The highest BCUT2D eigenvalue weighted by atomic mass is 16.3. The highest BCUT2D eigenvalue weighted by Crippen LogP contribution is 2.26. The Bertz CT molecular complexity index is 998. The molecule has 3 aromatic rings. The predicted octanol–water partition coefficient (Wildman–Crippen LogP) is 4.58. The number of benzene rings is 2. The number of hydrogen-bond acceptors (Lipinski definition) is 3. The number of aryl methyl sites for hydroxylation is 1. The maximum absolute atomic E-state index is 12.9. The number of furan rings is 1.